The molecule has 4 atom stereocenters. The van der Waals surface area contributed by atoms with Gasteiger partial charge in [0.05, 0.1) is 13.0 Å². The highest BCUT2D eigenvalue weighted by Crippen LogP contribution is 2.40. The van der Waals surface area contributed by atoms with Crippen LogP contribution in [0.5, 0.6) is 0 Å². The third-order valence-electron chi connectivity index (χ3n) is 6.93. The molecule has 0 spiro atoms. The van der Waals surface area contributed by atoms with Gasteiger partial charge in [-0.15, -0.1) is 0 Å². The van der Waals surface area contributed by atoms with Gasteiger partial charge >= 0.3 is 0 Å². The van der Waals surface area contributed by atoms with Crippen molar-refractivity contribution < 1.29 is 14.3 Å². The molecule has 0 radical (unpaired) electrons. The molecule has 5 nitrogen and oxygen atoms in total. The number of hydrogen-bond donors (Lipinski definition) is 2. The first-order valence-corrected chi connectivity index (χ1v) is 10.7. The Kier molecular flexibility index (Phi) is 6.28. The average molecular weight is 390 g/mol. The molecule has 4 rings (SSSR count). The van der Waals surface area contributed by atoms with Gasteiger partial charge in [0.15, 0.2) is 0 Å². The van der Waals surface area contributed by atoms with Crippen LogP contribution in [-0.4, -0.2) is 72.2 Å². The number of benzene rings is 1. The zero-order chi connectivity index (χ0) is 19.5. The van der Waals surface area contributed by atoms with Crippen molar-refractivity contribution >= 4 is 5.91 Å². The molecule has 3 heterocycles. The zero-order valence-electron chi connectivity index (χ0n) is 16.5. The summed E-state index contributed by atoms with van der Waals surface area (Å²) in [5, 5.41) is 12.5. The summed E-state index contributed by atoms with van der Waals surface area (Å²) in [4.78, 5) is 17.5. The number of aliphatic hydroxyl groups excluding tert-OH is 1. The molecule has 0 unspecified atom stereocenters. The fourth-order valence-corrected chi connectivity index (χ4v) is 5.71. The van der Waals surface area contributed by atoms with Gasteiger partial charge in [-0.1, -0.05) is 24.6 Å². The fourth-order valence-electron chi connectivity index (χ4n) is 5.71. The van der Waals surface area contributed by atoms with Crippen LogP contribution < -0.4 is 5.32 Å². The number of nitrogens with one attached hydrogen (secondary N) is 1. The maximum absolute atomic E-state index is 13.8. The van der Waals surface area contributed by atoms with E-state index in [2.05, 4.69) is 15.1 Å². The molecule has 1 aromatic carbocycles. The predicted octanol–water partition coefficient (Wildman–Crippen LogP) is 1.65. The molecule has 3 aliphatic heterocycles. The smallest absolute Gasteiger partial charge is 0.224 e. The van der Waals surface area contributed by atoms with E-state index in [1.807, 2.05) is 0 Å². The fraction of sp³-hybridized carbons (Fsp3) is 0.682. The first kappa shape index (κ1) is 19.8. The van der Waals surface area contributed by atoms with Crippen LogP contribution in [0.15, 0.2) is 24.3 Å². The molecular formula is C22H32FN3O2. The van der Waals surface area contributed by atoms with E-state index in [1.165, 1.54) is 31.7 Å². The van der Waals surface area contributed by atoms with Crippen molar-refractivity contribution in [2.75, 3.05) is 39.3 Å². The third kappa shape index (κ3) is 4.24. The topological polar surface area (TPSA) is 55.8 Å². The first-order valence-electron chi connectivity index (χ1n) is 10.7. The molecule has 1 amide bonds. The molecule has 3 saturated heterocycles. The zero-order valence-corrected chi connectivity index (χ0v) is 16.5. The van der Waals surface area contributed by atoms with E-state index >= 15 is 0 Å². The Morgan fingerprint density at radius 1 is 1.21 bits per heavy atom. The van der Waals surface area contributed by atoms with E-state index in [1.54, 1.807) is 18.2 Å². The molecule has 3 fully saturated rings. The van der Waals surface area contributed by atoms with Gasteiger partial charge in [-0.2, -0.15) is 0 Å². The van der Waals surface area contributed by atoms with E-state index < -0.39 is 0 Å². The molecule has 1 aromatic rings. The van der Waals surface area contributed by atoms with Crippen LogP contribution in [0, 0.1) is 17.7 Å². The largest absolute Gasteiger partial charge is 0.395 e. The normalized spacial score (nSPS) is 30.6. The number of likely N-dealkylation sites (tertiary alicyclic amines) is 1. The number of carbonyl (C=O) groups is 1. The number of aliphatic hydroxyl groups is 1. The summed E-state index contributed by atoms with van der Waals surface area (Å²) in [7, 11) is 0. The second-order valence-corrected chi connectivity index (χ2v) is 8.68. The molecule has 2 bridgehead atoms. The standard InChI is InChI=1S/C22H32FN3O2/c23-19-6-2-1-5-16(19)12-22(28)24-13-21-18-11-17(14-25(15-18)9-10-27)20-7-3-4-8-26(20)21/h1-2,5-6,17-18,20-21,27H,3-4,7-15H2,(H,24,28)/t17-,18+,20+,21+/m1/s1. The molecule has 6 heteroatoms. The van der Waals surface area contributed by atoms with Crippen LogP contribution >= 0.6 is 0 Å². The van der Waals surface area contributed by atoms with Gasteiger partial charge in [0.1, 0.15) is 5.82 Å². The maximum Gasteiger partial charge on any atom is 0.224 e. The third-order valence-corrected chi connectivity index (χ3v) is 6.93. The van der Waals surface area contributed by atoms with Gasteiger partial charge < -0.3 is 15.3 Å². The SMILES string of the molecule is O=C(Cc1ccccc1F)NC[C@H]1[C@H]2C[C@H](CN(CCO)C2)[C@@H]2CCCCN21. The Morgan fingerprint density at radius 2 is 2.04 bits per heavy atom. The number of fused-ring (bicyclic) bond motifs is 4. The van der Waals surface area contributed by atoms with Crippen LogP contribution in [0.4, 0.5) is 4.39 Å². The lowest BCUT2D eigenvalue weighted by molar-refractivity contribution is -0.122. The van der Waals surface area contributed by atoms with E-state index in [-0.39, 0.29) is 24.8 Å². The Balaban J connectivity index is 1.41. The van der Waals surface area contributed by atoms with Crippen molar-refractivity contribution in [3.05, 3.63) is 35.6 Å². The molecular weight excluding hydrogens is 357 g/mol. The molecule has 0 aromatic heterocycles. The lowest BCUT2D eigenvalue weighted by Crippen LogP contribution is -2.65. The summed E-state index contributed by atoms with van der Waals surface area (Å²) in [6.07, 6.45) is 5.07. The summed E-state index contributed by atoms with van der Waals surface area (Å²) in [5.41, 5.74) is 0.450. The number of carbonyl (C=O) groups excluding carboxylic acids is 1. The van der Waals surface area contributed by atoms with Gasteiger partial charge in [0.2, 0.25) is 5.91 Å². The van der Waals surface area contributed by atoms with Crippen molar-refractivity contribution in [1.29, 1.82) is 0 Å². The quantitative estimate of drug-likeness (QED) is 0.777. The molecule has 28 heavy (non-hydrogen) atoms. The summed E-state index contributed by atoms with van der Waals surface area (Å²) in [6, 6.07) is 7.43. The molecule has 2 N–H and O–H groups in total. The lowest BCUT2D eigenvalue weighted by atomic mass is 9.72. The minimum atomic E-state index is -0.318. The van der Waals surface area contributed by atoms with Crippen LogP contribution in [0.1, 0.15) is 31.2 Å². The van der Waals surface area contributed by atoms with Gasteiger partial charge in [-0.3, -0.25) is 9.69 Å². The Morgan fingerprint density at radius 3 is 2.86 bits per heavy atom. The summed E-state index contributed by atoms with van der Waals surface area (Å²) in [6.45, 7) is 4.78. The monoisotopic (exact) mass is 389 g/mol. The number of rotatable bonds is 6. The van der Waals surface area contributed by atoms with Gasteiger partial charge in [-0.25, -0.2) is 4.39 Å². The minimum absolute atomic E-state index is 0.0900. The van der Waals surface area contributed by atoms with Crippen LogP contribution in [-0.2, 0) is 11.2 Å². The lowest BCUT2D eigenvalue weighted by Gasteiger charge is -2.56. The first-order chi connectivity index (χ1) is 13.7. The van der Waals surface area contributed by atoms with Gasteiger partial charge in [0, 0.05) is 38.3 Å². The number of halogens is 1. The number of β-amino-alcohol motifs (C(OH)–C–C–N with tert-alkyl or cyclic N) is 1. The predicted molar refractivity (Wildman–Crippen MR) is 106 cm³/mol. The summed E-state index contributed by atoms with van der Waals surface area (Å²) in [5.74, 6) is 0.773. The van der Waals surface area contributed by atoms with E-state index in [9.17, 15) is 14.3 Å². The highest BCUT2D eigenvalue weighted by atomic mass is 19.1. The van der Waals surface area contributed by atoms with E-state index in [0.717, 1.165) is 26.2 Å². The summed E-state index contributed by atoms with van der Waals surface area (Å²) < 4.78 is 13.8. The van der Waals surface area contributed by atoms with Crippen LogP contribution in [0.2, 0.25) is 0 Å². The van der Waals surface area contributed by atoms with Crippen molar-refractivity contribution in [3.8, 4) is 0 Å². The Labute approximate surface area is 166 Å². The van der Waals surface area contributed by atoms with E-state index in [4.69, 9.17) is 0 Å². The molecule has 154 valence electrons. The Bertz CT molecular complexity index is 684. The molecule has 3 aliphatic rings. The van der Waals surface area contributed by atoms with E-state index in [0.29, 0.717) is 36.0 Å². The van der Waals surface area contributed by atoms with Crippen molar-refractivity contribution in [3.63, 3.8) is 0 Å². The Hall–Kier alpha value is -1.50. The second kappa shape index (κ2) is 8.89. The number of amides is 1. The highest BCUT2D eigenvalue weighted by Gasteiger charge is 2.46. The van der Waals surface area contributed by atoms with Crippen molar-refractivity contribution in [1.82, 2.24) is 15.1 Å². The molecule has 0 aliphatic carbocycles. The number of hydrogen-bond acceptors (Lipinski definition) is 4. The molecule has 0 saturated carbocycles. The van der Waals surface area contributed by atoms with Crippen LogP contribution in [0.3, 0.4) is 0 Å². The second-order valence-electron chi connectivity index (χ2n) is 8.68. The van der Waals surface area contributed by atoms with Crippen molar-refractivity contribution in [2.24, 2.45) is 11.8 Å². The minimum Gasteiger partial charge on any atom is -0.395 e. The average Bonchev–Trinajstić information content (AvgIpc) is 2.70. The van der Waals surface area contributed by atoms with Gasteiger partial charge in [0.25, 0.3) is 0 Å². The summed E-state index contributed by atoms with van der Waals surface area (Å²) >= 11 is 0. The number of piperidine rings is 3. The van der Waals surface area contributed by atoms with Gasteiger partial charge in [-0.05, 0) is 49.3 Å². The van der Waals surface area contributed by atoms with Crippen LogP contribution in [0.25, 0.3) is 0 Å². The van der Waals surface area contributed by atoms with Crippen molar-refractivity contribution in [2.45, 2.75) is 44.2 Å². The number of nitrogens with zero attached hydrogens (tertiary/aromatic N) is 2. The maximum atomic E-state index is 13.8. The highest BCUT2D eigenvalue weighted by molar-refractivity contribution is 5.78.